The highest BCUT2D eigenvalue weighted by atomic mass is 35.5. The molecule has 0 fully saturated rings. The molecular formula is C25H23ClN4O2. The van der Waals surface area contributed by atoms with Gasteiger partial charge in [0, 0.05) is 35.1 Å². The van der Waals surface area contributed by atoms with Crippen LogP contribution in [0.15, 0.2) is 65.7 Å². The Morgan fingerprint density at radius 2 is 1.84 bits per heavy atom. The molecule has 0 saturated carbocycles. The van der Waals surface area contributed by atoms with Gasteiger partial charge in [0.15, 0.2) is 0 Å². The molecule has 2 aromatic carbocycles. The minimum atomic E-state index is -0.152. The first-order chi connectivity index (χ1) is 15.6. The fourth-order valence-corrected chi connectivity index (χ4v) is 4.48. The van der Waals surface area contributed by atoms with E-state index in [4.69, 9.17) is 11.6 Å². The average molecular weight is 447 g/mol. The lowest BCUT2D eigenvalue weighted by molar-refractivity contribution is 0.0951. The van der Waals surface area contributed by atoms with E-state index in [0.29, 0.717) is 29.2 Å². The van der Waals surface area contributed by atoms with Crippen LogP contribution in [0.25, 0.3) is 5.52 Å². The number of carbonyl (C=O) groups excluding carboxylic acids is 1. The molecule has 32 heavy (non-hydrogen) atoms. The summed E-state index contributed by atoms with van der Waals surface area (Å²) in [5.41, 5.74) is 5.30. The quantitative estimate of drug-likeness (QED) is 0.503. The third-order valence-corrected chi connectivity index (χ3v) is 6.18. The standard InChI is InChI=1S/C25H23ClN4O2/c26-20-5-3-4-18(14-20)15-27-24(31)19-10-8-17(9-11-19)16-29-12-13-30-23(25(29)32)21-6-1-2-7-22(21)28-30/h3-5,8-14H,1-2,6-7,15-16H2,(H,27,31). The topological polar surface area (TPSA) is 68.4 Å². The fraction of sp³-hybridized carbons (Fsp3) is 0.240. The van der Waals surface area contributed by atoms with Gasteiger partial charge >= 0.3 is 0 Å². The molecular weight excluding hydrogens is 424 g/mol. The summed E-state index contributed by atoms with van der Waals surface area (Å²) >= 11 is 5.99. The second kappa shape index (κ2) is 8.63. The molecule has 2 heterocycles. The van der Waals surface area contributed by atoms with Gasteiger partial charge in [0.05, 0.1) is 12.2 Å². The predicted molar refractivity (Wildman–Crippen MR) is 124 cm³/mol. The molecule has 0 unspecified atom stereocenters. The van der Waals surface area contributed by atoms with Gasteiger partial charge in [-0.25, -0.2) is 4.52 Å². The Hall–Kier alpha value is -3.38. The molecule has 1 aliphatic rings. The molecule has 4 aromatic rings. The van der Waals surface area contributed by atoms with Gasteiger partial charge in [0.25, 0.3) is 11.5 Å². The zero-order valence-corrected chi connectivity index (χ0v) is 18.3. The first kappa shape index (κ1) is 20.5. The molecule has 1 aliphatic carbocycles. The molecule has 0 spiro atoms. The number of nitrogens with zero attached hydrogens (tertiary/aromatic N) is 3. The molecule has 162 valence electrons. The number of hydrogen-bond acceptors (Lipinski definition) is 3. The number of nitrogens with one attached hydrogen (secondary N) is 1. The normalized spacial score (nSPS) is 13.2. The maximum absolute atomic E-state index is 13.1. The number of halogens is 1. The van der Waals surface area contributed by atoms with Gasteiger partial charge in [-0.05, 0) is 61.1 Å². The molecule has 2 aromatic heterocycles. The number of aryl methyl sites for hydroxylation is 2. The van der Waals surface area contributed by atoms with Crippen LogP contribution < -0.4 is 10.9 Å². The molecule has 7 heteroatoms. The Labute approximate surface area is 190 Å². The van der Waals surface area contributed by atoms with Crippen LogP contribution in [0, 0.1) is 0 Å². The van der Waals surface area contributed by atoms with E-state index >= 15 is 0 Å². The van der Waals surface area contributed by atoms with Crippen LogP contribution in [0.5, 0.6) is 0 Å². The Balaban J connectivity index is 1.30. The molecule has 0 bridgehead atoms. The summed E-state index contributed by atoms with van der Waals surface area (Å²) in [6, 6.07) is 14.8. The van der Waals surface area contributed by atoms with Crippen molar-refractivity contribution in [1.29, 1.82) is 0 Å². The number of benzene rings is 2. The van der Waals surface area contributed by atoms with E-state index in [1.54, 1.807) is 33.5 Å². The van der Waals surface area contributed by atoms with Crippen LogP contribution in [0.2, 0.25) is 5.02 Å². The summed E-state index contributed by atoms with van der Waals surface area (Å²) in [5, 5.41) is 8.14. The average Bonchev–Trinajstić information content (AvgIpc) is 3.19. The van der Waals surface area contributed by atoms with Crippen molar-refractivity contribution in [1.82, 2.24) is 19.5 Å². The number of carbonyl (C=O) groups is 1. The zero-order valence-electron chi connectivity index (χ0n) is 17.6. The van der Waals surface area contributed by atoms with Crippen LogP contribution >= 0.6 is 11.6 Å². The SMILES string of the molecule is O=C(NCc1cccc(Cl)c1)c1ccc(Cn2ccn3nc4c(c3c2=O)CCCC4)cc1. The second-order valence-electron chi connectivity index (χ2n) is 8.17. The summed E-state index contributed by atoms with van der Waals surface area (Å²) in [6.45, 7) is 0.853. The lowest BCUT2D eigenvalue weighted by atomic mass is 9.97. The third-order valence-electron chi connectivity index (χ3n) is 5.94. The Bertz CT molecular complexity index is 1350. The van der Waals surface area contributed by atoms with Crippen LogP contribution in [-0.4, -0.2) is 20.1 Å². The molecule has 5 rings (SSSR count). The van der Waals surface area contributed by atoms with Crippen molar-refractivity contribution in [2.75, 3.05) is 0 Å². The van der Waals surface area contributed by atoms with Crippen molar-refractivity contribution in [2.45, 2.75) is 38.8 Å². The van der Waals surface area contributed by atoms with Crippen LogP contribution in [0.1, 0.15) is 45.6 Å². The van der Waals surface area contributed by atoms with Gasteiger partial charge in [-0.1, -0.05) is 35.9 Å². The molecule has 0 radical (unpaired) electrons. The fourth-order valence-electron chi connectivity index (χ4n) is 4.27. The maximum Gasteiger partial charge on any atom is 0.277 e. The van der Waals surface area contributed by atoms with Crippen molar-refractivity contribution >= 4 is 23.0 Å². The van der Waals surface area contributed by atoms with E-state index in [0.717, 1.165) is 48.1 Å². The highest BCUT2D eigenvalue weighted by molar-refractivity contribution is 6.30. The number of aromatic nitrogens is 3. The van der Waals surface area contributed by atoms with E-state index in [1.165, 1.54) is 0 Å². The van der Waals surface area contributed by atoms with Gasteiger partial charge in [-0.2, -0.15) is 5.10 Å². The van der Waals surface area contributed by atoms with Gasteiger partial charge in [0.2, 0.25) is 0 Å². The summed E-state index contributed by atoms with van der Waals surface area (Å²) < 4.78 is 3.43. The first-order valence-corrected chi connectivity index (χ1v) is 11.2. The van der Waals surface area contributed by atoms with Crippen molar-refractivity contribution in [3.05, 3.63) is 104 Å². The van der Waals surface area contributed by atoms with E-state index in [-0.39, 0.29) is 11.5 Å². The van der Waals surface area contributed by atoms with Gasteiger partial charge in [0.1, 0.15) is 5.52 Å². The number of rotatable bonds is 5. The largest absolute Gasteiger partial charge is 0.348 e. The molecule has 6 nitrogen and oxygen atoms in total. The lowest BCUT2D eigenvalue weighted by Gasteiger charge is -2.10. The van der Waals surface area contributed by atoms with E-state index in [2.05, 4.69) is 10.4 Å². The highest BCUT2D eigenvalue weighted by Gasteiger charge is 2.19. The van der Waals surface area contributed by atoms with Crippen molar-refractivity contribution < 1.29 is 4.79 Å². The molecule has 0 atom stereocenters. The minimum Gasteiger partial charge on any atom is -0.348 e. The predicted octanol–water partition coefficient (Wildman–Crippen LogP) is 4.01. The van der Waals surface area contributed by atoms with Crippen LogP contribution in [0.4, 0.5) is 0 Å². The molecule has 1 N–H and O–H groups in total. The molecule has 0 aliphatic heterocycles. The van der Waals surface area contributed by atoms with E-state index in [1.807, 2.05) is 36.5 Å². The zero-order chi connectivity index (χ0) is 22.1. The lowest BCUT2D eigenvalue weighted by Crippen LogP contribution is -2.23. The van der Waals surface area contributed by atoms with Crippen LogP contribution in [0.3, 0.4) is 0 Å². The monoisotopic (exact) mass is 446 g/mol. The van der Waals surface area contributed by atoms with E-state index < -0.39 is 0 Å². The summed E-state index contributed by atoms with van der Waals surface area (Å²) in [7, 11) is 0. The first-order valence-electron chi connectivity index (χ1n) is 10.8. The number of fused-ring (bicyclic) bond motifs is 3. The summed E-state index contributed by atoms with van der Waals surface area (Å²) in [4.78, 5) is 25.6. The van der Waals surface area contributed by atoms with Gasteiger partial charge < -0.3 is 9.88 Å². The molecule has 1 amide bonds. The van der Waals surface area contributed by atoms with Crippen LogP contribution in [-0.2, 0) is 25.9 Å². The van der Waals surface area contributed by atoms with Gasteiger partial charge in [-0.15, -0.1) is 0 Å². The molecule has 0 saturated heterocycles. The Kier molecular flexibility index (Phi) is 5.53. The Morgan fingerprint density at radius 1 is 1.03 bits per heavy atom. The Morgan fingerprint density at radius 3 is 2.66 bits per heavy atom. The highest BCUT2D eigenvalue weighted by Crippen LogP contribution is 2.22. The smallest absolute Gasteiger partial charge is 0.277 e. The third kappa shape index (κ3) is 4.06. The van der Waals surface area contributed by atoms with Crippen molar-refractivity contribution in [3.63, 3.8) is 0 Å². The summed E-state index contributed by atoms with van der Waals surface area (Å²) in [5.74, 6) is -0.152. The number of amides is 1. The maximum atomic E-state index is 13.1. The minimum absolute atomic E-state index is 0.0218. The van der Waals surface area contributed by atoms with Gasteiger partial charge in [-0.3, -0.25) is 9.59 Å². The van der Waals surface area contributed by atoms with Crippen molar-refractivity contribution in [3.8, 4) is 0 Å². The van der Waals surface area contributed by atoms with E-state index in [9.17, 15) is 9.59 Å². The van der Waals surface area contributed by atoms with Crippen molar-refractivity contribution in [2.24, 2.45) is 0 Å². The number of hydrogen-bond donors (Lipinski definition) is 1. The summed E-state index contributed by atoms with van der Waals surface area (Å²) in [6.07, 6.45) is 7.72. The second-order valence-corrected chi connectivity index (χ2v) is 8.60.